The number of carbonyl (C=O) groups excluding carboxylic acids is 1. The van der Waals surface area contributed by atoms with E-state index in [1.54, 1.807) is 6.20 Å². The van der Waals surface area contributed by atoms with Gasteiger partial charge in [-0.2, -0.15) is 0 Å². The zero-order chi connectivity index (χ0) is 20.4. The minimum Gasteiger partial charge on any atom is -0.375 e. The lowest BCUT2D eigenvalue weighted by atomic mass is 9.76. The van der Waals surface area contributed by atoms with E-state index in [1.807, 2.05) is 18.2 Å². The summed E-state index contributed by atoms with van der Waals surface area (Å²) in [5.74, 6) is 0.878. The van der Waals surface area contributed by atoms with Gasteiger partial charge >= 0.3 is 0 Å². The molecule has 5 nitrogen and oxygen atoms in total. The maximum absolute atomic E-state index is 13.7. The van der Waals surface area contributed by atoms with Gasteiger partial charge in [0, 0.05) is 38.4 Å². The number of pyridine rings is 1. The zero-order valence-corrected chi connectivity index (χ0v) is 18.3. The van der Waals surface area contributed by atoms with Gasteiger partial charge in [-0.05, 0) is 64.8 Å². The van der Waals surface area contributed by atoms with Crippen molar-refractivity contribution in [2.24, 2.45) is 5.92 Å². The molecule has 0 spiro atoms. The number of aromatic nitrogens is 1. The molecule has 1 aromatic heterocycles. The molecular weight excluding hydrogens is 350 g/mol. The van der Waals surface area contributed by atoms with Gasteiger partial charge in [-0.25, -0.2) is 0 Å². The van der Waals surface area contributed by atoms with Crippen LogP contribution in [-0.2, 0) is 4.74 Å². The highest BCUT2D eigenvalue weighted by molar-refractivity contribution is 6.02. The first-order valence-corrected chi connectivity index (χ1v) is 10.8. The molecule has 2 atom stereocenters. The summed E-state index contributed by atoms with van der Waals surface area (Å²) in [4.78, 5) is 23.0. The van der Waals surface area contributed by atoms with Crippen LogP contribution in [0.5, 0.6) is 0 Å². The number of rotatable bonds is 7. The fourth-order valence-corrected chi connectivity index (χ4v) is 4.82. The second kappa shape index (κ2) is 8.60. The molecule has 2 aliphatic rings. The summed E-state index contributed by atoms with van der Waals surface area (Å²) >= 11 is 0. The van der Waals surface area contributed by atoms with Crippen LogP contribution in [0.3, 0.4) is 0 Å². The van der Waals surface area contributed by atoms with Gasteiger partial charge in [-0.15, -0.1) is 0 Å². The van der Waals surface area contributed by atoms with E-state index in [1.165, 1.54) is 6.42 Å². The Morgan fingerprint density at radius 3 is 2.82 bits per heavy atom. The number of hydrogen-bond acceptors (Lipinski definition) is 5. The van der Waals surface area contributed by atoms with Gasteiger partial charge in [0.2, 0.25) is 5.78 Å². The van der Waals surface area contributed by atoms with E-state index in [4.69, 9.17) is 4.74 Å². The van der Waals surface area contributed by atoms with Gasteiger partial charge in [0.25, 0.3) is 0 Å². The summed E-state index contributed by atoms with van der Waals surface area (Å²) in [6, 6.07) is 6.14. The summed E-state index contributed by atoms with van der Waals surface area (Å²) in [5.41, 5.74) is -0.231. The predicted octanol–water partition coefficient (Wildman–Crippen LogP) is 3.64. The first kappa shape index (κ1) is 21.4. The average molecular weight is 388 g/mol. The Morgan fingerprint density at radius 2 is 2.18 bits per heavy atom. The van der Waals surface area contributed by atoms with Crippen LogP contribution in [-0.4, -0.2) is 71.0 Å². The van der Waals surface area contributed by atoms with Crippen molar-refractivity contribution in [3.63, 3.8) is 0 Å². The summed E-state index contributed by atoms with van der Waals surface area (Å²) in [6.45, 7) is 12.4. The Kier molecular flexibility index (Phi) is 6.58. The lowest BCUT2D eigenvalue weighted by molar-refractivity contribution is -0.104. The number of hydrogen-bond donors (Lipinski definition) is 0. The molecule has 0 aliphatic carbocycles. The normalized spacial score (nSPS) is 28.2. The Hall–Kier alpha value is -1.30. The van der Waals surface area contributed by atoms with Crippen LogP contribution in [0.25, 0.3) is 0 Å². The van der Waals surface area contributed by atoms with E-state index in [0.717, 1.165) is 38.9 Å². The molecule has 1 aromatic rings. The molecule has 2 aliphatic heterocycles. The highest BCUT2D eigenvalue weighted by atomic mass is 16.5. The fraction of sp³-hybridized carbons (Fsp3) is 0.739. The number of Topliss-reactive ketones (excluding diaryl/α,β-unsaturated/α-hetero) is 1. The van der Waals surface area contributed by atoms with Crippen molar-refractivity contribution in [1.29, 1.82) is 0 Å². The predicted molar refractivity (Wildman–Crippen MR) is 113 cm³/mol. The molecule has 28 heavy (non-hydrogen) atoms. The standard InChI is InChI=1S/C23H37N3O2/c1-18(2)9-13-25(5)19-10-14-26(16-19)23(11-15-28-22(3,4)17-23)21(27)20-8-6-7-12-24-20/h6-8,12,18-19H,9-11,13-17H2,1-5H3. The van der Waals surface area contributed by atoms with E-state index < -0.39 is 5.54 Å². The van der Waals surface area contributed by atoms with Crippen molar-refractivity contribution < 1.29 is 9.53 Å². The van der Waals surface area contributed by atoms with Crippen molar-refractivity contribution in [3.8, 4) is 0 Å². The second-order valence-corrected chi connectivity index (χ2v) is 9.66. The Morgan fingerprint density at radius 1 is 1.39 bits per heavy atom. The molecule has 0 N–H and O–H groups in total. The SMILES string of the molecule is CC(C)CCN(C)C1CCN(C2(C(=O)c3ccccn3)CCOC(C)(C)C2)C1. The van der Waals surface area contributed by atoms with E-state index in [9.17, 15) is 4.79 Å². The third kappa shape index (κ3) is 4.64. The Bertz CT molecular complexity index is 661. The van der Waals surface area contributed by atoms with Crippen molar-refractivity contribution in [2.75, 3.05) is 33.3 Å². The molecule has 0 amide bonds. The first-order chi connectivity index (χ1) is 13.2. The fourth-order valence-electron chi connectivity index (χ4n) is 4.82. The average Bonchev–Trinajstić information content (AvgIpc) is 3.16. The number of ether oxygens (including phenoxy) is 1. The van der Waals surface area contributed by atoms with Crippen LogP contribution in [0.15, 0.2) is 24.4 Å². The van der Waals surface area contributed by atoms with Gasteiger partial charge in [0.1, 0.15) is 5.69 Å². The van der Waals surface area contributed by atoms with Crippen LogP contribution < -0.4 is 0 Å². The minimum atomic E-state index is -0.510. The van der Waals surface area contributed by atoms with Crippen molar-refractivity contribution in [2.45, 2.75) is 70.6 Å². The van der Waals surface area contributed by atoms with Crippen LogP contribution in [0, 0.1) is 5.92 Å². The largest absolute Gasteiger partial charge is 0.375 e. The summed E-state index contributed by atoms with van der Waals surface area (Å²) in [7, 11) is 2.23. The molecule has 0 saturated carbocycles. The third-order valence-corrected chi connectivity index (χ3v) is 6.50. The lowest BCUT2D eigenvalue weighted by Crippen LogP contribution is -2.61. The number of carbonyl (C=O) groups is 1. The quantitative estimate of drug-likeness (QED) is 0.669. The highest BCUT2D eigenvalue weighted by Gasteiger charge is 2.52. The van der Waals surface area contributed by atoms with E-state index in [2.05, 4.69) is 49.5 Å². The van der Waals surface area contributed by atoms with Crippen molar-refractivity contribution >= 4 is 5.78 Å². The van der Waals surface area contributed by atoms with E-state index in [-0.39, 0.29) is 11.4 Å². The smallest absolute Gasteiger partial charge is 0.201 e. The Labute approximate surface area is 170 Å². The second-order valence-electron chi connectivity index (χ2n) is 9.66. The molecule has 5 heteroatoms. The molecule has 0 radical (unpaired) electrons. The molecule has 3 heterocycles. The van der Waals surface area contributed by atoms with E-state index in [0.29, 0.717) is 24.3 Å². The van der Waals surface area contributed by atoms with Crippen molar-refractivity contribution in [3.05, 3.63) is 30.1 Å². The monoisotopic (exact) mass is 387 g/mol. The topological polar surface area (TPSA) is 45.7 Å². The van der Waals surface area contributed by atoms with Crippen LogP contribution in [0.4, 0.5) is 0 Å². The van der Waals surface area contributed by atoms with Gasteiger partial charge in [-0.1, -0.05) is 19.9 Å². The number of likely N-dealkylation sites (N-methyl/N-ethyl adjacent to an activating group) is 1. The minimum absolute atomic E-state index is 0.162. The van der Waals surface area contributed by atoms with Gasteiger partial charge in [-0.3, -0.25) is 14.7 Å². The van der Waals surface area contributed by atoms with Gasteiger partial charge < -0.3 is 9.64 Å². The van der Waals surface area contributed by atoms with Gasteiger partial charge in [0.05, 0.1) is 11.1 Å². The molecule has 156 valence electrons. The maximum Gasteiger partial charge on any atom is 0.201 e. The summed E-state index contributed by atoms with van der Waals surface area (Å²) in [6.07, 6.45) is 5.52. The molecule has 3 rings (SSSR count). The third-order valence-electron chi connectivity index (χ3n) is 6.50. The number of nitrogens with zero attached hydrogens (tertiary/aromatic N) is 3. The van der Waals surface area contributed by atoms with Crippen LogP contribution in [0.2, 0.25) is 0 Å². The molecule has 0 bridgehead atoms. The van der Waals surface area contributed by atoms with Gasteiger partial charge in [0.15, 0.2) is 0 Å². The van der Waals surface area contributed by atoms with Crippen molar-refractivity contribution in [1.82, 2.24) is 14.8 Å². The maximum atomic E-state index is 13.7. The molecular formula is C23H37N3O2. The van der Waals surface area contributed by atoms with Crippen LogP contribution in [0.1, 0.15) is 63.9 Å². The zero-order valence-electron chi connectivity index (χ0n) is 18.3. The summed E-state index contributed by atoms with van der Waals surface area (Å²) < 4.78 is 6.00. The highest BCUT2D eigenvalue weighted by Crippen LogP contribution is 2.40. The number of likely N-dealkylation sites (tertiary alicyclic amines) is 1. The molecule has 2 fully saturated rings. The molecule has 2 saturated heterocycles. The first-order valence-electron chi connectivity index (χ1n) is 10.8. The Balaban J connectivity index is 1.81. The van der Waals surface area contributed by atoms with E-state index >= 15 is 0 Å². The molecule has 2 unspecified atom stereocenters. The summed E-state index contributed by atoms with van der Waals surface area (Å²) in [5, 5.41) is 0. The molecule has 0 aromatic carbocycles. The number of ketones is 1. The lowest BCUT2D eigenvalue weighted by Gasteiger charge is -2.48. The van der Waals surface area contributed by atoms with Crippen LogP contribution >= 0.6 is 0 Å².